The zero-order chi connectivity index (χ0) is 15.7. The summed E-state index contributed by atoms with van der Waals surface area (Å²) >= 11 is 4.45. The maximum atomic E-state index is 12.0. The van der Waals surface area contributed by atoms with Crippen molar-refractivity contribution in [1.29, 1.82) is 0 Å². The van der Waals surface area contributed by atoms with Crippen LogP contribution >= 0.6 is 27.7 Å². The SMILES string of the molecule is CSc1nc(N[C@H]2OC[C@@H](O)[C@@H](O)[C@@H]2O)c(Br)c(=O)n1C. The van der Waals surface area contributed by atoms with Crippen molar-refractivity contribution in [3.05, 3.63) is 14.8 Å². The van der Waals surface area contributed by atoms with Gasteiger partial charge in [-0.2, -0.15) is 0 Å². The first-order chi connectivity index (χ1) is 9.86. The fraction of sp³-hybridized carbons (Fsp3) is 0.636. The molecule has 0 aromatic carbocycles. The Morgan fingerprint density at radius 3 is 2.71 bits per heavy atom. The second kappa shape index (κ2) is 6.63. The Morgan fingerprint density at radius 2 is 2.10 bits per heavy atom. The van der Waals surface area contributed by atoms with Crippen LogP contribution in [-0.4, -0.2) is 62.3 Å². The Hall–Kier alpha value is -0.650. The number of ether oxygens (including phenoxy) is 1. The third kappa shape index (κ3) is 3.25. The lowest BCUT2D eigenvalue weighted by Gasteiger charge is -2.35. The third-order valence-corrected chi connectivity index (χ3v) is 4.60. The molecule has 0 amide bonds. The van der Waals surface area contributed by atoms with E-state index in [0.717, 1.165) is 0 Å². The summed E-state index contributed by atoms with van der Waals surface area (Å²) in [6, 6.07) is 0. The van der Waals surface area contributed by atoms with Gasteiger partial charge in [0.15, 0.2) is 17.2 Å². The molecule has 1 aromatic heterocycles. The van der Waals surface area contributed by atoms with Crippen LogP contribution in [0.1, 0.15) is 0 Å². The highest BCUT2D eigenvalue weighted by atomic mass is 79.9. The minimum absolute atomic E-state index is 0.131. The fourth-order valence-corrected chi connectivity index (χ4v) is 2.91. The second-order valence-electron chi connectivity index (χ2n) is 4.57. The topological polar surface area (TPSA) is 117 Å². The number of hydrogen-bond acceptors (Lipinski definition) is 8. The number of aromatic nitrogens is 2. The van der Waals surface area contributed by atoms with Crippen molar-refractivity contribution in [2.45, 2.75) is 29.7 Å². The summed E-state index contributed by atoms with van der Waals surface area (Å²) in [6.07, 6.45) is -3.02. The van der Waals surface area contributed by atoms with E-state index in [-0.39, 0.29) is 22.5 Å². The summed E-state index contributed by atoms with van der Waals surface area (Å²) in [6.45, 7) is -0.131. The number of halogens is 1. The lowest BCUT2D eigenvalue weighted by molar-refractivity contribution is -0.178. The van der Waals surface area contributed by atoms with Crippen molar-refractivity contribution in [3.8, 4) is 0 Å². The number of aliphatic hydroxyl groups excluding tert-OH is 3. The van der Waals surface area contributed by atoms with Gasteiger partial charge in [-0.1, -0.05) is 11.8 Å². The highest BCUT2D eigenvalue weighted by molar-refractivity contribution is 9.10. The van der Waals surface area contributed by atoms with Gasteiger partial charge < -0.3 is 25.4 Å². The van der Waals surface area contributed by atoms with Crippen molar-refractivity contribution in [2.24, 2.45) is 7.05 Å². The van der Waals surface area contributed by atoms with E-state index in [9.17, 15) is 20.1 Å². The highest BCUT2D eigenvalue weighted by Gasteiger charge is 2.38. The normalized spacial score (nSPS) is 29.4. The molecule has 2 heterocycles. The molecule has 0 aliphatic carbocycles. The molecule has 0 saturated carbocycles. The van der Waals surface area contributed by atoms with E-state index < -0.39 is 24.5 Å². The molecule has 1 saturated heterocycles. The van der Waals surface area contributed by atoms with Gasteiger partial charge in [-0.05, 0) is 22.2 Å². The van der Waals surface area contributed by atoms with Gasteiger partial charge in [0.2, 0.25) is 0 Å². The molecule has 21 heavy (non-hydrogen) atoms. The second-order valence-corrected chi connectivity index (χ2v) is 6.14. The van der Waals surface area contributed by atoms with E-state index in [1.54, 1.807) is 13.3 Å². The number of rotatable bonds is 3. The molecule has 10 heteroatoms. The lowest BCUT2D eigenvalue weighted by Crippen LogP contribution is -2.55. The van der Waals surface area contributed by atoms with Crippen LogP contribution in [0.2, 0.25) is 0 Å². The van der Waals surface area contributed by atoms with Gasteiger partial charge in [0, 0.05) is 7.05 Å². The van der Waals surface area contributed by atoms with Crippen LogP contribution < -0.4 is 10.9 Å². The molecule has 1 aliphatic rings. The van der Waals surface area contributed by atoms with Crippen molar-refractivity contribution in [1.82, 2.24) is 9.55 Å². The van der Waals surface area contributed by atoms with E-state index in [1.807, 2.05) is 0 Å². The average Bonchev–Trinajstić information content (AvgIpc) is 2.48. The van der Waals surface area contributed by atoms with Gasteiger partial charge in [-0.3, -0.25) is 9.36 Å². The largest absolute Gasteiger partial charge is 0.388 e. The molecule has 0 bridgehead atoms. The standard InChI is InChI=1S/C11H16BrN3O5S/c1-15-10(19)5(12)8(14-11(15)21-2)13-9-7(18)6(17)4(16)3-20-9/h4,6-7,9,13,16-18H,3H2,1-2H3/t4-,6-,7+,9+/m1/s1. The minimum atomic E-state index is -1.34. The zero-order valence-electron chi connectivity index (χ0n) is 11.4. The molecule has 0 radical (unpaired) electrons. The third-order valence-electron chi connectivity index (χ3n) is 3.16. The van der Waals surface area contributed by atoms with Crippen molar-refractivity contribution in [3.63, 3.8) is 0 Å². The smallest absolute Gasteiger partial charge is 0.270 e. The van der Waals surface area contributed by atoms with Gasteiger partial charge in [-0.15, -0.1) is 0 Å². The Kier molecular flexibility index (Phi) is 5.28. The van der Waals surface area contributed by atoms with Gasteiger partial charge in [0.25, 0.3) is 5.56 Å². The van der Waals surface area contributed by atoms with Gasteiger partial charge in [0.05, 0.1) is 6.61 Å². The first-order valence-corrected chi connectivity index (χ1v) is 8.11. The highest BCUT2D eigenvalue weighted by Crippen LogP contribution is 2.23. The molecule has 1 aliphatic heterocycles. The summed E-state index contributed by atoms with van der Waals surface area (Å²) in [7, 11) is 1.60. The Morgan fingerprint density at radius 1 is 1.43 bits per heavy atom. The van der Waals surface area contributed by atoms with Gasteiger partial charge in [-0.25, -0.2) is 4.98 Å². The number of aliphatic hydroxyl groups is 3. The quantitative estimate of drug-likeness (QED) is 0.393. The maximum Gasteiger partial charge on any atom is 0.270 e. The van der Waals surface area contributed by atoms with Gasteiger partial charge in [0.1, 0.15) is 22.8 Å². The zero-order valence-corrected chi connectivity index (χ0v) is 13.8. The monoisotopic (exact) mass is 381 g/mol. The van der Waals surface area contributed by atoms with E-state index in [1.165, 1.54) is 16.3 Å². The lowest BCUT2D eigenvalue weighted by atomic mass is 10.0. The number of nitrogens with one attached hydrogen (secondary N) is 1. The maximum absolute atomic E-state index is 12.0. The van der Waals surface area contributed by atoms with Gasteiger partial charge >= 0.3 is 0 Å². The molecule has 2 rings (SSSR count). The molecule has 1 fully saturated rings. The summed E-state index contributed by atoms with van der Waals surface area (Å²) in [5.41, 5.74) is -0.289. The number of anilines is 1. The molecule has 1 aromatic rings. The molecule has 4 atom stereocenters. The Bertz CT molecular complexity index is 584. The van der Waals surface area contributed by atoms with Crippen molar-refractivity contribution in [2.75, 3.05) is 18.2 Å². The van der Waals surface area contributed by atoms with Crippen LogP contribution in [0, 0.1) is 0 Å². The first kappa shape index (κ1) is 16.7. The molecule has 0 spiro atoms. The van der Waals surface area contributed by atoms with Crippen molar-refractivity contribution < 1.29 is 20.1 Å². The van der Waals surface area contributed by atoms with Crippen molar-refractivity contribution >= 4 is 33.5 Å². The fourth-order valence-electron chi connectivity index (χ4n) is 1.90. The van der Waals surface area contributed by atoms with E-state index >= 15 is 0 Å². The number of thioether (sulfide) groups is 1. The summed E-state index contributed by atoms with van der Waals surface area (Å²) in [5.74, 6) is 0.204. The van der Waals surface area contributed by atoms with Crippen LogP contribution in [0.5, 0.6) is 0 Å². The Labute approximate surface area is 133 Å². The molecular weight excluding hydrogens is 366 g/mol. The molecule has 0 unspecified atom stereocenters. The van der Waals surface area contributed by atoms with Crippen LogP contribution in [0.4, 0.5) is 5.82 Å². The predicted molar refractivity (Wildman–Crippen MR) is 80.3 cm³/mol. The predicted octanol–water partition coefficient (Wildman–Crippen LogP) is -0.884. The van der Waals surface area contributed by atoms with Crippen LogP contribution in [0.25, 0.3) is 0 Å². The number of hydrogen-bond donors (Lipinski definition) is 4. The molecular formula is C11H16BrN3O5S. The van der Waals surface area contributed by atoms with Crippen LogP contribution in [0.15, 0.2) is 14.4 Å². The summed E-state index contributed by atoms with van der Waals surface area (Å²) in [4.78, 5) is 16.3. The summed E-state index contributed by atoms with van der Waals surface area (Å²) < 4.78 is 6.81. The molecule has 118 valence electrons. The first-order valence-electron chi connectivity index (χ1n) is 6.09. The molecule has 8 nitrogen and oxygen atoms in total. The number of nitrogens with zero attached hydrogens (tertiary/aromatic N) is 2. The summed E-state index contributed by atoms with van der Waals surface area (Å²) in [5, 5.41) is 32.2. The van der Waals surface area contributed by atoms with E-state index in [4.69, 9.17) is 4.74 Å². The van der Waals surface area contributed by atoms with E-state index in [0.29, 0.717) is 5.16 Å². The molecule has 4 N–H and O–H groups in total. The van der Waals surface area contributed by atoms with Crippen LogP contribution in [-0.2, 0) is 11.8 Å². The van der Waals surface area contributed by atoms with E-state index in [2.05, 4.69) is 26.2 Å². The average molecular weight is 382 g/mol. The minimum Gasteiger partial charge on any atom is -0.388 e. The van der Waals surface area contributed by atoms with Crippen LogP contribution in [0.3, 0.4) is 0 Å². The Balaban J connectivity index is 2.28.